The van der Waals surface area contributed by atoms with Gasteiger partial charge < -0.3 is 10.3 Å². The largest absolute Gasteiger partial charge is 0.363 e. The lowest BCUT2D eigenvalue weighted by atomic mass is 10.1. The summed E-state index contributed by atoms with van der Waals surface area (Å²) in [5.41, 5.74) is 0.710. The highest BCUT2D eigenvalue weighted by Crippen LogP contribution is 2.16. The number of halogens is 1. The maximum absolute atomic E-state index is 12.8. The van der Waals surface area contributed by atoms with Crippen LogP contribution in [0.1, 0.15) is 18.5 Å². The first-order valence-corrected chi connectivity index (χ1v) is 5.22. The predicted octanol–water partition coefficient (Wildman–Crippen LogP) is 2.08. The van der Waals surface area contributed by atoms with Crippen LogP contribution >= 0.6 is 0 Å². The Balaban J connectivity index is 2.14. The van der Waals surface area contributed by atoms with E-state index in [1.807, 2.05) is 6.92 Å². The number of nitrogens with zero attached hydrogens (tertiary/aromatic N) is 1. The van der Waals surface area contributed by atoms with Crippen LogP contribution < -0.4 is 10.9 Å². The molecule has 17 heavy (non-hydrogen) atoms. The Morgan fingerprint density at radius 2 is 2.06 bits per heavy atom. The molecule has 0 bridgehead atoms. The van der Waals surface area contributed by atoms with Gasteiger partial charge in [-0.05, 0) is 24.6 Å². The normalized spacial score (nSPS) is 12.1. The zero-order valence-electron chi connectivity index (χ0n) is 9.27. The van der Waals surface area contributed by atoms with Crippen molar-refractivity contribution >= 4 is 5.82 Å². The Hall–Kier alpha value is -2.17. The molecule has 1 unspecified atom stereocenters. The summed E-state index contributed by atoms with van der Waals surface area (Å²) in [6, 6.07) is 7.52. The topological polar surface area (TPSA) is 57.8 Å². The van der Waals surface area contributed by atoms with Gasteiger partial charge in [0.25, 0.3) is 5.56 Å². The van der Waals surface area contributed by atoms with E-state index in [0.29, 0.717) is 5.82 Å². The molecule has 0 saturated heterocycles. The number of H-pyrrole nitrogens is 1. The summed E-state index contributed by atoms with van der Waals surface area (Å²) in [6.45, 7) is 1.91. The van der Waals surface area contributed by atoms with Gasteiger partial charge in [0.1, 0.15) is 11.6 Å². The van der Waals surface area contributed by atoms with Crippen LogP contribution in [0.5, 0.6) is 0 Å². The standard InChI is InChI=1S/C12H12FN3O/c1-8(9-2-4-10(13)5-3-9)16-11-6-12(17)15-7-14-11/h2-8H,1H3,(H2,14,15,16,17). The first-order chi connectivity index (χ1) is 8.15. The van der Waals surface area contributed by atoms with Crippen LogP contribution in [0.2, 0.25) is 0 Å². The highest BCUT2D eigenvalue weighted by molar-refractivity contribution is 5.36. The maximum Gasteiger partial charge on any atom is 0.252 e. The molecule has 0 spiro atoms. The number of anilines is 1. The van der Waals surface area contributed by atoms with E-state index >= 15 is 0 Å². The van der Waals surface area contributed by atoms with Gasteiger partial charge in [-0.2, -0.15) is 0 Å². The van der Waals surface area contributed by atoms with E-state index in [-0.39, 0.29) is 17.4 Å². The molecule has 0 aliphatic heterocycles. The molecule has 1 heterocycles. The minimum Gasteiger partial charge on any atom is -0.363 e. The van der Waals surface area contributed by atoms with E-state index in [1.165, 1.54) is 24.5 Å². The number of nitrogens with one attached hydrogen (secondary N) is 2. The molecule has 2 rings (SSSR count). The second-order valence-corrected chi connectivity index (χ2v) is 3.71. The van der Waals surface area contributed by atoms with Gasteiger partial charge in [-0.25, -0.2) is 9.37 Å². The summed E-state index contributed by atoms with van der Waals surface area (Å²) in [6.07, 6.45) is 1.34. The van der Waals surface area contributed by atoms with Gasteiger partial charge in [-0.15, -0.1) is 0 Å². The average molecular weight is 233 g/mol. The van der Waals surface area contributed by atoms with Crippen LogP contribution in [-0.2, 0) is 0 Å². The van der Waals surface area contributed by atoms with E-state index < -0.39 is 0 Å². The Kier molecular flexibility index (Phi) is 3.18. The maximum atomic E-state index is 12.8. The number of benzene rings is 1. The third-order valence-corrected chi connectivity index (χ3v) is 2.41. The SMILES string of the molecule is CC(Nc1cc(=O)[nH]cn1)c1ccc(F)cc1. The fourth-order valence-corrected chi connectivity index (χ4v) is 1.50. The number of rotatable bonds is 3. The lowest BCUT2D eigenvalue weighted by Gasteiger charge is -2.14. The van der Waals surface area contributed by atoms with Gasteiger partial charge in [-0.1, -0.05) is 12.1 Å². The van der Waals surface area contributed by atoms with Crippen molar-refractivity contribution in [3.8, 4) is 0 Å². The number of hydrogen-bond acceptors (Lipinski definition) is 3. The molecule has 0 aliphatic rings. The smallest absolute Gasteiger partial charge is 0.252 e. The molecule has 88 valence electrons. The monoisotopic (exact) mass is 233 g/mol. The van der Waals surface area contributed by atoms with Gasteiger partial charge in [0.15, 0.2) is 0 Å². The molecular formula is C12H12FN3O. The van der Waals surface area contributed by atoms with Crippen molar-refractivity contribution in [2.45, 2.75) is 13.0 Å². The minimum absolute atomic E-state index is 0.0510. The molecule has 1 aromatic heterocycles. The van der Waals surface area contributed by atoms with E-state index in [0.717, 1.165) is 5.56 Å². The van der Waals surface area contributed by atoms with Crippen LogP contribution in [0, 0.1) is 5.82 Å². The lowest BCUT2D eigenvalue weighted by molar-refractivity contribution is 0.626. The molecule has 0 radical (unpaired) electrons. The van der Waals surface area contributed by atoms with Crippen molar-refractivity contribution in [3.05, 3.63) is 58.4 Å². The van der Waals surface area contributed by atoms with Crippen molar-refractivity contribution in [1.29, 1.82) is 0 Å². The van der Waals surface area contributed by atoms with Gasteiger partial charge >= 0.3 is 0 Å². The van der Waals surface area contributed by atoms with Gasteiger partial charge in [-0.3, -0.25) is 4.79 Å². The second-order valence-electron chi connectivity index (χ2n) is 3.71. The van der Waals surface area contributed by atoms with E-state index in [2.05, 4.69) is 15.3 Å². The Morgan fingerprint density at radius 1 is 1.35 bits per heavy atom. The number of hydrogen-bond donors (Lipinski definition) is 2. The molecule has 0 aliphatic carbocycles. The van der Waals surface area contributed by atoms with E-state index in [4.69, 9.17) is 0 Å². The first-order valence-electron chi connectivity index (χ1n) is 5.22. The zero-order chi connectivity index (χ0) is 12.3. The molecule has 5 heteroatoms. The third kappa shape index (κ3) is 2.90. The quantitative estimate of drug-likeness (QED) is 0.853. The molecule has 2 aromatic rings. The summed E-state index contributed by atoms with van der Waals surface area (Å²) in [7, 11) is 0. The van der Waals surface area contributed by atoms with Crippen molar-refractivity contribution in [2.75, 3.05) is 5.32 Å². The fourth-order valence-electron chi connectivity index (χ4n) is 1.50. The summed E-state index contributed by atoms with van der Waals surface area (Å²) >= 11 is 0. The van der Waals surface area contributed by atoms with Gasteiger partial charge in [0.05, 0.1) is 6.33 Å². The van der Waals surface area contributed by atoms with Crippen LogP contribution in [0.25, 0.3) is 0 Å². The predicted molar refractivity (Wildman–Crippen MR) is 63.3 cm³/mol. The molecule has 0 amide bonds. The second kappa shape index (κ2) is 4.78. The highest BCUT2D eigenvalue weighted by Gasteiger charge is 2.06. The average Bonchev–Trinajstić information content (AvgIpc) is 2.29. The molecule has 2 N–H and O–H groups in total. The summed E-state index contributed by atoms with van der Waals surface area (Å²) in [5, 5.41) is 3.06. The highest BCUT2D eigenvalue weighted by atomic mass is 19.1. The Morgan fingerprint density at radius 3 is 2.71 bits per heavy atom. The zero-order valence-corrected chi connectivity index (χ0v) is 9.27. The first kappa shape index (κ1) is 11.3. The van der Waals surface area contributed by atoms with Crippen LogP contribution in [0.4, 0.5) is 10.2 Å². The molecule has 1 aromatic carbocycles. The Bertz CT molecular complexity index is 550. The van der Waals surface area contributed by atoms with Gasteiger partial charge in [0, 0.05) is 12.1 Å². The van der Waals surface area contributed by atoms with Crippen LogP contribution in [-0.4, -0.2) is 9.97 Å². The third-order valence-electron chi connectivity index (χ3n) is 2.41. The fraction of sp³-hybridized carbons (Fsp3) is 0.167. The number of aromatic amines is 1. The summed E-state index contributed by atoms with van der Waals surface area (Å²) in [5.74, 6) is 0.223. The van der Waals surface area contributed by atoms with Gasteiger partial charge in [0.2, 0.25) is 0 Å². The molecule has 1 atom stereocenters. The molecule has 0 fully saturated rings. The van der Waals surface area contributed by atoms with Crippen molar-refractivity contribution < 1.29 is 4.39 Å². The minimum atomic E-state index is -0.268. The van der Waals surface area contributed by atoms with Crippen molar-refractivity contribution in [2.24, 2.45) is 0 Å². The van der Waals surface area contributed by atoms with Crippen molar-refractivity contribution in [1.82, 2.24) is 9.97 Å². The van der Waals surface area contributed by atoms with E-state index in [1.54, 1.807) is 12.1 Å². The summed E-state index contributed by atoms with van der Waals surface area (Å²) in [4.78, 5) is 17.5. The molecule has 4 nitrogen and oxygen atoms in total. The lowest BCUT2D eigenvalue weighted by Crippen LogP contribution is -2.12. The summed E-state index contributed by atoms with van der Waals surface area (Å²) < 4.78 is 12.8. The molecular weight excluding hydrogens is 221 g/mol. The van der Waals surface area contributed by atoms with Crippen LogP contribution in [0.3, 0.4) is 0 Å². The van der Waals surface area contributed by atoms with Crippen LogP contribution in [0.15, 0.2) is 41.5 Å². The van der Waals surface area contributed by atoms with Crippen molar-refractivity contribution in [3.63, 3.8) is 0 Å². The van der Waals surface area contributed by atoms with E-state index in [9.17, 15) is 9.18 Å². The molecule has 0 saturated carbocycles. The number of aromatic nitrogens is 2. The Labute approximate surface area is 97.5 Å².